The zero-order valence-electron chi connectivity index (χ0n) is 10.6. The van der Waals surface area contributed by atoms with Gasteiger partial charge in [0.05, 0.1) is 6.10 Å². The molecule has 1 unspecified atom stereocenters. The van der Waals surface area contributed by atoms with Crippen LogP contribution in [0.4, 0.5) is 0 Å². The Morgan fingerprint density at radius 1 is 1.33 bits per heavy atom. The lowest BCUT2D eigenvalue weighted by Gasteiger charge is -2.41. The van der Waals surface area contributed by atoms with Gasteiger partial charge in [-0.2, -0.15) is 0 Å². The summed E-state index contributed by atoms with van der Waals surface area (Å²) in [6.45, 7) is 11.7. The number of nitrogens with one attached hydrogen (secondary N) is 1. The van der Waals surface area contributed by atoms with E-state index in [2.05, 4.69) is 31.0 Å². The van der Waals surface area contributed by atoms with E-state index >= 15 is 0 Å². The maximum atomic E-state index is 9.19. The van der Waals surface area contributed by atoms with Gasteiger partial charge in [-0.1, -0.05) is 0 Å². The lowest BCUT2D eigenvalue weighted by molar-refractivity contribution is 0.0919. The van der Waals surface area contributed by atoms with Gasteiger partial charge in [0.25, 0.3) is 0 Å². The highest BCUT2D eigenvalue weighted by Crippen LogP contribution is 2.19. The monoisotopic (exact) mass is 214 g/mol. The summed E-state index contributed by atoms with van der Waals surface area (Å²) < 4.78 is 0. The van der Waals surface area contributed by atoms with Crippen LogP contribution in [-0.2, 0) is 0 Å². The van der Waals surface area contributed by atoms with Crippen molar-refractivity contribution in [3.05, 3.63) is 0 Å². The second-order valence-corrected chi connectivity index (χ2v) is 5.69. The van der Waals surface area contributed by atoms with Crippen molar-refractivity contribution in [2.45, 2.75) is 58.2 Å². The first-order chi connectivity index (χ1) is 6.89. The van der Waals surface area contributed by atoms with Crippen molar-refractivity contribution < 1.29 is 5.11 Å². The summed E-state index contributed by atoms with van der Waals surface area (Å²) >= 11 is 0. The van der Waals surface area contributed by atoms with Crippen LogP contribution in [0.1, 0.15) is 40.5 Å². The number of piperidine rings is 1. The summed E-state index contributed by atoms with van der Waals surface area (Å²) in [7, 11) is 0. The zero-order chi connectivity index (χ0) is 11.5. The maximum absolute atomic E-state index is 9.19. The fraction of sp³-hybridized carbons (Fsp3) is 1.00. The molecule has 0 aromatic rings. The maximum Gasteiger partial charge on any atom is 0.0636 e. The minimum atomic E-state index is -0.231. The third kappa shape index (κ3) is 4.49. The highest BCUT2D eigenvalue weighted by Gasteiger charge is 2.26. The third-order valence-corrected chi connectivity index (χ3v) is 3.15. The van der Waals surface area contributed by atoms with Gasteiger partial charge in [0.15, 0.2) is 0 Å². The van der Waals surface area contributed by atoms with Gasteiger partial charge in [-0.05, 0) is 40.5 Å². The van der Waals surface area contributed by atoms with E-state index < -0.39 is 0 Å². The normalized spacial score (nSPS) is 23.0. The number of rotatable bonds is 3. The van der Waals surface area contributed by atoms with Crippen LogP contribution in [0, 0.1) is 0 Å². The van der Waals surface area contributed by atoms with Crippen molar-refractivity contribution in [2.24, 2.45) is 0 Å². The largest absolute Gasteiger partial charge is 0.392 e. The molecule has 0 aliphatic carbocycles. The van der Waals surface area contributed by atoms with E-state index in [-0.39, 0.29) is 6.10 Å². The summed E-state index contributed by atoms with van der Waals surface area (Å²) in [5, 5.41) is 12.6. The molecule has 1 aliphatic rings. The Hall–Kier alpha value is -0.120. The molecule has 3 heteroatoms. The molecule has 0 aromatic heterocycles. The molecular formula is C12H26N2O. The molecule has 3 nitrogen and oxygen atoms in total. The van der Waals surface area contributed by atoms with E-state index in [1.807, 2.05) is 6.92 Å². The SMILES string of the molecule is CC(O)CNC1CCN(C(C)(C)C)CC1. The van der Waals surface area contributed by atoms with Crippen molar-refractivity contribution in [3.8, 4) is 0 Å². The van der Waals surface area contributed by atoms with Crippen LogP contribution in [0.3, 0.4) is 0 Å². The fourth-order valence-electron chi connectivity index (χ4n) is 2.09. The quantitative estimate of drug-likeness (QED) is 0.741. The van der Waals surface area contributed by atoms with Gasteiger partial charge in [0.2, 0.25) is 0 Å². The van der Waals surface area contributed by atoms with E-state index in [4.69, 9.17) is 0 Å². The van der Waals surface area contributed by atoms with E-state index in [9.17, 15) is 5.11 Å². The standard InChI is InChI=1S/C12H26N2O/c1-10(15)9-13-11-5-7-14(8-6-11)12(2,3)4/h10-11,13,15H,5-9H2,1-4H3. The summed E-state index contributed by atoms with van der Waals surface area (Å²) in [4.78, 5) is 2.54. The topological polar surface area (TPSA) is 35.5 Å². The Morgan fingerprint density at radius 3 is 2.27 bits per heavy atom. The lowest BCUT2D eigenvalue weighted by atomic mass is 9.98. The molecule has 0 saturated carbocycles. The third-order valence-electron chi connectivity index (χ3n) is 3.15. The molecule has 0 radical (unpaired) electrons. The van der Waals surface area contributed by atoms with Crippen LogP contribution in [0.2, 0.25) is 0 Å². The molecule has 1 atom stereocenters. The van der Waals surface area contributed by atoms with Crippen LogP contribution in [0.25, 0.3) is 0 Å². The van der Waals surface area contributed by atoms with Crippen LogP contribution >= 0.6 is 0 Å². The number of likely N-dealkylation sites (tertiary alicyclic amines) is 1. The number of aliphatic hydroxyl groups is 1. The molecule has 0 spiro atoms. The molecule has 1 heterocycles. The number of hydrogen-bond donors (Lipinski definition) is 2. The van der Waals surface area contributed by atoms with Gasteiger partial charge in [-0.3, -0.25) is 4.90 Å². The molecule has 1 saturated heterocycles. The van der Waals surface area contributed by atoms with Gasteiger partial charge >= 0.3 is 0 Å². The van der Waals surface area contributed by atoms with Crippen molar-refractivity contribution in [3.63, 3.8) is 0 Å². The molecule has 2 N–H and O–H groups in total. The van der Waals surface area contributed by atoms with Gasteiger partial charge in [0.1, 0.15) is 0 Å². The van der Waals surface area contributed by atoms with Gasteiger partial charge in [-0.25, -0.2) is 0 Å². The van der Waals surface area contributed by atoms with Crippen molar-refractivity contribution in [1.82, 2.24) is 10.2 Å². The van der Waals surface area contributed by atoms with Crippen LogP contribution in [0.5, 0.6) is 0 Å². The lowest BCUT2D eigenvalue weighted by Crippen LogP contribution is -2.50. The van der Waals surface area contributed by atoms with Gasteiger partial charge in [-0.15, -0.1) is 0 Å². The second-order valence-electron chi connectivity index (χ2n) is 5.69. The molecule has 0 amide bonds. The van der Waals surface area contributed by atoms with E-state index in [1.54, 1.807) is 0 Å². The highest BCUT2D eigenvalue weighted by molar-refractivity contribution is 4.84. The summed E-state index contributed by atoms with van der Waals surface area (Å²) in [5.74, 6) is 0. The van der Waals surface area contributed by atoms with Crippen molar-refractivity contribution in [2.75, 3.05) is 19.6 Å². The smallest absolute Gasteiger partial charge is 0.0636 e. The summed E-state index contributed by atoms with van der Waals surface area (Å²) in [6.07, 6.45) is 2.17. The average Bonchev–Trinajstić information content (AvgIpc) is 2.14. The van der Waals surface area contributed by atoms with Crippen molar-refractivity contribution >= 4 is 0 Å². The summed E-state index contributed by atoms with van der Waals surface area (Å²) in [6, 6.07) is 0.596. The minimum Gasteiger partial charge on any atom is -0.392 e. The molecular weight excluding hydrogens is 188 g/mol. The van der Waals surface area contributed by atoms with E-state index in [1.165, 1.54) is 25.9 Å². The Labute approximate surface area is 93.9 Å². The number of hydrogen-bond acceptors (Lipinski definition) is 3. The number of nitrogens with zero attached hydrogens (tertiary/aromatic N) is 1. The molecule has 1 aliphatic heterocycles. The summed E-state index contributed by atoms with van der Waals surface area (Å²) in [5.41, 5.74) is 0.301. The van der Waals surface area contributed by atoms with E-state index in [0.717, 1.165) is 6.54 Å². The van der Waals surface area contributed by atoms with Crippen LogP contribution < -0.4 is 5.32 Å². The van der Waals surface area contributed by atoms with Gasteiger partial charge in [0, 0.05) is 31.2 Å². The van der Waals surface area contributed by atoms with E-state index in [0.29, 0.717) is 11.6 Å². The Bertz CT molecular complexity index is 179. The second kappa shape index (κ2) is 5.28. The molecule has 0 bridgehead atoms. The highest BCUT2D eigenvalue weighted by atomic mass is 16.3. The van der Waals surface area contributed by atoms with Crippen LogP contribution in [-0.4, -0.2) is 47.3 Å². The Kier molecular flexibility index (Phi) is 4.56. The molecule has 1 fully saturated rings. The molecule has 0 aromatic carbocycles. The minimum absolute atomic E-state index is 0.231. The zero-order valence-corrected chi connectivity index (χ0v) is 10.6. The predicted molar refractivity (Wildman–Crippen MR) is 64.0 cm³/mol. The Morgan fingerprint density at radius 2 is 1.87 bits per heavy atom. The first kappa shape index (κ1) is 12.9. The Balaban J connectivity index is 2.24. The molecule has 15 heavy (non-hydrogen) atoms. The fourth-order valence-corrected chi connectivity index (χ4v) is 2.09. The number of aliphatic hydroxyl groups excluding tert-OH is 1. The first-order valence-electron chi connectivity index (χ1n) is 6.06. The van der Waals surface area contributed by atoms with Crippen LogP contribution in [0.15, 0.2) is 0 Å². The predicted octanol–water partition coefficient (Wildman–Crippen LogP) is 1.22. The van der Waals surface area contributed by atoms with Gasteiger partial charge < -0.3 is 10.4 Å². The first-order valence-corrected chi connectivity index (χ1v) is 6.06. The molecule has 90 valence electrons. The average molecular weight is 214 g/mol. The molecule has 1 rings (SSSR count). The van der Waals surface area contributed by atoms with Crippen molar-refractivity contribution in [1.29, 1.82) is 0 Å².